The van der Waals surface area contributed by atoms with Crippen LogP contribution in [0.15, 0.2) is 78.9 Å². The summed E-state index contributed by atoms with van der Waals surface area (Å²) >= 11 is 0. The summed E-state index contributed by atoms with van der Waals surface area (Å²) in [7, 11) is 1.68. The molecule has 0 unspecified atom stereocenters. The Kier molecular flexibility index (Phi) is 3.90. The van der Waals surface area contributed by atoms with Crippen LogP contribution >= 0.6 is 0 Å². The number of nitrogens with one attached hydrogen (secondary N) is 1. The van der Waals surface area contributed by atoms with Crippen molar-refractivity contribution in [2.75, 3.05) is 12.4 Å². The molecule has 1 N–H and O–H groups in total. The molecule has 4 heteroatoms. The zero-order chi connectivity index (χ0) is 19.1. The van der Waals surface area contributed by atoms with E-state index in [0.717, 1.165) is 34.0 Å². The van der Waals surface area contributed by atoms with Gasteiger partial charge in [-0.15, -0.1) is 0 Å². The van der Waals surface area contributed by atoms with Crippen LogP contribution in [0.1, 0.15) is 22.7 Å². The van der Waals surface area contributed by atoms with Crippen LogP contribution in [0.5, 0.6) is 5.75 Å². The largest absolute Gasteiger partial charge is 0.497 e. The molecule has 1 aliphatic rings. The molecule has 4 aromatic rings. The van der Waals surface area contributed by atoms with Crippen LogP contribution in [0.3, 0.4) is 0 Å². The Morgan fingerprint density at radius 1 is 0.929 bits per heavy atom. The minimum atomic E-state index is 0.0713. The number of imidazole rings is 1. The number of fused-ring (bicyclic) bond motifs is 3. The summed E-state index contributed by atoms with van der Waals surface area (Å²) in [5, 5.41) is 3.53. The molecule has 2 heterocycles. The van der Waals surface area contributed by atoms with Crippen molar-refractivity contribution in [3.8, 4) is 5.75 Å². The topological polar surface area (TPSA) is 39.1 Å². The molecule has 1 aromatic heterocycles. The van der Waals surface area contributed by atoms with Crippen molar-refractivity contribution in [3.05, 3.63) is 95.6 Å². The molecule has 0 amide bonds. The molecule has 5 rings (SSSR count). The van der Waals surface area contributed by atoms with Crippen molar-refractivity contribution in [2.45, 2.75) is 13.0 Å². The normalized spacial score (nSPS) is 15.6. The standard InChI is InChI=1S/C24H21N3O/c1-16-7-3-4-8-19(16)23-15-21(17-11-13-18(28-2)14-12-17)26-24-25-20-9-5-6-10-22(20)27(23)24/h3-15,23H,1-2H3,(H,25,26)/t23-/m1/s1. The van der Waals surface area contributed by atoms with E-state index in [-0.39, 0.29) is 6.04 Å². The van der Waals surface area contributed by atoms with Crippen molar-refractivity contribution in [3.63, 3.8) is 0 Å². The lowest BCUT2D eigenvalue weighted by molar-refractivity contribution is 0.415. The van der Waals surface area contributed by atoms with Gasteiger partial charge in [-0.1, -0.05) is 36.4 Å². The molecule has 0 fully saturated rings. The van der Waals surface area contributed by atoms with Crippen molar-refractivity contribution < 1.29 is 4.74 Å². The fourth-order valence-electron chi connectivity index (χ4n) is 3.90. The Balaban J connectivity index is 1.70. The average molecular weight is 367 g/mol. The van der Waals surface area contributed by atoms with E-state index >= 15 is 0 Å². The van der Waals surface area contributed by atoms with E-state index in [9.17, 15) is 0 Å². The van der Waals surface area contributed by atoms with E-state index in [1.54, 1.807) is 7.11 Å². The number of benzene rings is 3. The van der Waals surface area contributed by atoms with E-state index < -0.39 is 0 Å². The van der Waals surface area contributed by atoms with Gasteiger partial charge in [-0.25, -0.2) is 4.98 Å². The number of aromatic nitrogens is 2. The van der Waals surface area contributed by atoms with Gasteiger partial charge in [0.25, 0.3) is 0 Å². The molecule has 1 atom stereocenters. The Hall–Kier alpha value is -3.53. The molecule has 4 nitrogen and oxygen atoms in total. The lowest BCUT2D eigenvalue weighted by Crippen LogP contribution is -2.19. The highest BCUT2D eigenvalue weighted by Gasteiger charge is 2.26. The van der Waals surface area contributed by atoms with Gasteiger partial charge in [0.05, 0.1) is 24.2 Å². The number of aryl methyl sites for hydroxylation is 1. The minimum absolute atomic E-state index is 0.0713. The number of anilines is 1. The predicted molar refractivity (Wildman–Crippen MR) is 114 cm³/mol. The van der Waals surface area contributed by atoms with Crippen LogP contribution in [0.25, 0.3) is 16.7 Å². The molecular formula is C24H21N3O. The lowest BCUT2D eigenvalue weighted by Gasteiger charge is -2.27. The predicted octanol–water partition coefficient (Wildman–Crippen LogP) is 5.41. The molecule has 1 aliphatic heterocycles. The summed E-state index contributed by atoms with van der Waals surface area (Å²) in [6.45, 7) is 2.16. The third-order valence-electron chi connectivity index (χ3n) is 5.35. The first-order chi connectivity index (χ1) is 13.7. The molecule has 0 aliphatic carbocycles. The van der Waals surface area contributed by atoms with Crippen molar-refractivity contribution >= 4 is 22.7 Å². The summed E-state index contributed by atoms with van der Waals surface area (Å²) in [5.41, 5.74) is 6.83. The van der Waals surface area contributed by atoms with Gasteiger partial charge in [0.2, 0.25) is 5.95 Å². The molecule has 0 saturated carbocycles. The van der Waals surface area contributed by atoms with E-state index in [4.69, 9.17) is 9.72 Å². The second-order valence-electron chi connectivity index (χ2n) is 7.03. The molecule has 3 aromatic carbocycles. The molecule has 0 spiro atoms. The highest BCUT2D eigenvalue weighted by Crippen LogP contribution is 2.37. The van der Waals surface area contributed by atoms with Crippen molar-refractivity contribution in [1.82, 2.24) is 9.55 Å². The van der Waals surface area contributed by atoms with Crippen LogP contribution in [0, 0.1) is 6.92 Å². The number of hydrogen-bond acceptors (Lipinski definition) is 3. The van der Waals surface area contributed by atoms with Crippen LogP contribution in [0.2, 0.25) is 0 Å². The van der Waals surface area contributed by atoms with Gasteiger partial charge in [-0.2, -0.15) is 0 Å². The summed E-state index contributed by atoms with van der Waals surface area (Å²) in [6, 6.07) is 25.0. The van der Waals surface area contributed by atoms with Gasteiger partial charge in [-0.05, 0) is 66.1 Å². The SMILES string of the molecule is COc1ccc(C2=C[C@H](c3ccccc3C)n3c(nc4ccccc43)N2)cc1. The van der Waals surface area contributed by atoms with Gasteiger partial charge >= 0.3 is 0 Å². The number of nitrogens with zero attached hydrogens (tertiary/aromatic N) is 2. The molecular weight excluding hydrogens is 346 g/mol. The minimum Gasteiger partial charge on any atom is -0.497 e. The maximum Gasteiger partial charge on any atom is 0.209 e. The van der Waals surface area contributed by atoms with Gasteiger partial charge in [0.15, 0.2) is 0 Å². The third-order valence-corrected chi connectivity index (χ3v) is 5.35. The highest BCUT2D eigenvalue weighted by atomic mass is 16.5. The number of ether oxygens (including phenoxy) is 1. The number of allylic oxidation sites excluding steroid dienone is 1. The summed E-state index contributed by atoms with van der Waals surface area (Å²) in [4.78, 5) is 4.85. The van der Waals surface area contributed by atoms with Gasteiger partial charge < -0.3 is 10.1 Å². The van der Waals surface area contributed by atoms with E-state index in [2.05, 4.69) is 77.5 Å². The van der Waals surface area contributed by atoms with Gasteiger partial charge in [-0.3, -0.25) is 4.57 Å². The first-order valence-electron chi connectivity index (χ1n) is 9.40. The summed E-state index contributed by atoms with van der Waals surface area (Å²) in [5.74, 6) is 1.71. The monoisotopic (exact) mass is 367 g/mol. The zero-order valence-corrected chi connectivity index (χ0v) is 15.9. The summed E-state index contributed by atoms with van der Waals surface area (Å²) in [6.07, 6.45) is 2.28. The van der Waals surface area contributed by atoms with Crippen LogP contribution in [0.4, 0.5) is 5.95 Å². The molecule has 0 bridgehead atoms. The van der Waals surface area contributed by atoms with Crippen LogP contribution in [-0.4, -0.2) is 16.7 Å². The van der Waals surface area contributed by atoms with Crippen LogP contribution in [-0.2, 0) is 0 Å². The number of rotatable bonds is 3. The number of hydrogen-bond donors (Lipinski definition) is 1. The third kappa shape index (κ3) is 2.65. The Morgan fingerprint density at radius 2 is 1.68 bits per heavy atom. The number of para-hydroxylation sites is 2. The fraction of sp³-hybridized carbons (Fsp3) is 0.125. The molecule has 28 heavy (non-hydrogen) atoms. The highest BCUT2D eigenvalue weighted by molar-refractivity contribution is 5.85. The first kappa shape index (κ1) is 16.6. The van der Waals surface area contributed by atoms with Gasteiger partial charge in [0, 0.05) is 5.70 Å². The maximum absolute atomic E-state index is 5.30. The quantitative estimate of drug-likeness (QED) is 0.526. The van der Waals surface area contributed by atoms with Gasteiger partial charge in [0.1, 0.15) is 5.75 Å². The molecule has 138 valence electrons. The van der Waals surface area contributed by atoms with Crippen molar-refractivity contribution in [2.24, 2.45) is 0 Å². The number of methoxy groups -OCH3 is 1. The second kappa shape index (κ2) is 6.57. The first-order valence-corrected chi connectivity index (χ1v) is 9.40. The Labute approximate surface area is 164 Å². The van der Waals surface area contributed by atoms with Crippen LogP contribution < -0.4 is 10.1 Å². The maximum atomic E-state index is 5.30. The van der Waals surface area contributed by atoms with E-state index in [0.29, 0.717) is 0 Å². The van der Waals surface area contributed by atoms with E-state index in [1.165, 1.54) is 11.1 Å². The second-order valence-corrected chi connectivity index (χ2v) is 7.03. The fourth-order valence-corrected chi connectivity index (χ4v) is 3.90. The Bertz CT molecular complexity index is 1190. The molecule has 0 saturated heterocycles. The Morgan fingerprint density at radius 3 is 2.46 bits per heavy atom. The summed E-state index contributed by atoms with van der Waals surface area (Å²) < 4.78 is 7.58. The smallest absolute Gasteiger partial charge is 0.209 e. The lowest BCUT2D eigenvalue weighted by atomic mass is 9.97. The van der Waals surface area contributed by atoms with E-state index in [1.807, 2.05) is 18.2 Å². The van der Waals surface area contributed by atoms with Crippen molar-refractivity contribution in [1.29, 1.82) is 0 Å². The zero-order valence-electron chi connectivity index (χ0n) is 15.9. The molecule has 0 radical (unpaired) electrons. The average Bonchev–Trinajstić information content (AvgIpc) is 3.12.